The molecule has 5 heteroatoms. The van der Waals surface area contributed by atoms with E-state index in [0.29, 0.717) is 5.56 Å². The molecule has 0 aliphatic carbocycles. The fourth-order valence-electron chi connectivity index (χ4n) is 2.00. The van der Waals surface area contributed by atoms with Crippen LogP contribution < -0.4 is 5.73 Å². The fourth-order valence-corrected chi connectivity index (χ4v) is 2.00. The van der Waals surface area contributed by atoms with Crippen molar-refractivity contribution in [3.05, 3.63) is 35.4 Å². The van der Waals surface area contributed by atoms with E-state index in [2.05, 4.69) is 11.8 Å². The summed E-state index contributed by atoms with van der Waals surface area (Å²) in [4.78, 5) is 13.6. The zero-order valence-corrected chi connectivity index (χ0v) is 10.4. The van der Waals surface area contributed by atoms with E-state index < -0.39 is 12.2 Å². The largest absolute Gasteiger partial charge is 0.388 e. The van der Waals surface area contributed by atoms with Gasteiger partial charge in [0.05, 0.1) is 18.8 Å². The molecule has 1 aliphatic rings. The highest BCUT2D eigenvalue weighted by atomic mass is 16.3. The molecule has 0 bridgehead atoms. The van der Waals surface area contributed by atoms with E-state index in [4.69, 9.17) is 5.73 Å². The Morgan fingerprint density at radius 2 is 2.05 bits per heavy atom. The summed E-state index contributed by atoms with van der Waals surface area (Å²) in [7, 11) is 0. The Morgan fingerprint density at radius 3 is 2.68 bits per heavy atom. The summed E-state index contributed by atoms with van der Waals surface area (Å²) < 4.78 is 0. The van der Waals surface area contributed by atoms with Crippen LogP contribution in [0.4, 0.5) is 0 Å². The third kappa shape index (κ3) is 3.12. The second kappa shape index (κ2) is 5.85. The van der Waals surface area contributed by atoms with Gasteiger partial charge in [-0.3, -0.25) is 4.79 Å². The number of rotatable bonds is 1. The van der Waals surface area contributed by atoms with Crippen molar-refractivity contribution in [3.63, 3.8) is 0 Å². The van der Waals surface area contributed by atoms with Crippen LogP contribution in [0, 0.1) is 11.8 Å². The van der Waals surface area contributed by atoms with Gasteiger partial charge in [0.2, 0.25) is 0 Å². The van der Waals surface area contributed by atoms with Gasteiger partial charge >= 0.3 is 0 Å². The number of β-amino-alcohol motifs (C(OH)–C–C–N with tert-alkyl or cyclic N) is 2. The number of benzene rings is 1. The number of carbonyl (C=O) groups excluding carboxylic acids is 1. The molecule has 0 radical (unpaired) electrons. The molecule has 0 saturated carbocycles. The van der Waals surface area contributed by atoms with Crippen LogP contribution in [-0.4, -0.2) is 52.9 Å². The molecule has 0 spiro atoms. The van der Waals surface area contributed by atoms with Gasteiger partial charge in [-0.15, -0.1) is 0 Å². The van der Waals surface area contributed by atoms with Crippen LogP contribution in [0.15, 0.2) is 24.3 Å². The molecule has 1 saturated heterocycles. The van der Waals surface area contributed by atoms with Crippen molar-refractivity contribution < 1.29 is 15.0 Å². The van der Waals surface area contributed by atoms with Gasteiger partial charge in [-0.1, -0.05) is 17.9 Å². The first kappa shape index (κ1) is 13.6. The lowest BCUT2D eigenvalue weighted by Gasteiger charge is -2.15. The van der Waals surface area contributed by atoms with Crippen LogP contribution in [0.2, 0.25) is 0 Å². The molecule has 1 aliphatic heterocycles. The summed E-state index contributed by atoms with van der Waals surface area (Å²) in [6.45, 7) is 0.570. The monoisotopic (exact) mass is 260 g/mol. The quantitative estimate of drug-likeness (QED) is 0.575. The van der Waals surface area contributed by atoms with E-state index in [1.54, 1.807) is 24.3 Å². The Balaban J connectivity index is 2.16. The number of nitrogens with zero attached hydrogens (tertiary/aromatic N) is 1. The van der Waals surface area contributed by atoms with E-state index >= 15 is 0 Å². The van der Waals surface area contributed by atoms with Crippen LogP contribution in [0.5, 0.6) is 0 Å². The van der Waals surface area contributed by atoms with Gasteiger partial charge in [0.1, 0.15) is 0 Å². The van der Waals surface area contributed by atoms with Crippen molar-refractivity contribution in [1.82, 2.24) is 4.90 Å². The van der Waals surface area contributed by atoms with Crippen LogP contribution >= 0.6 is 0 Å². The molecule has 1 aromatic rings. The SMILES string of the molecule is NCC#Cc1cccc(C(=O)N2CC(O)C(O)C2)c1. The molecule has 2 rings (SSSR count). The topological polar surface area (TPSA) is 86.8 Å². The summed E-state index contributed by atoms with van der Waals surface area (Å²) in [6.07, 6.45) is -1.74. The van der Waals surface area contributed by atoms with E-state index in [0.717, 1.165) is 5.56 Å². The molecule has 2 unspecified atom stereocenters. The van der Waals surface area contributed by atoms with E-state index in [1.165, 1.54) is 4.90 Å². The van der Waals surface area contributed by atoms with Crippen LogP contribution in [-0.2, 0) is 0 Å². The molecular weight excluding hydrogens is 244 g/mol. The average molecular weight is 260 g/mol. The highest BCUT2D eigenvalue weighted by Crippen LogP contribution is 2.15. The third-order valence-corrected chi connectivity index (χ3v) is 2.99. The summed E-state index contributed by atoms with van der Waals surface area (Å²) in [6, 6.07) is 6.92. The minimum atomic E-state index is -0.871. The van der Waals surface area contributed by atoms with Crippen LogP contribution in [0.3, 0.4) is 0 Å². The predicted molar refractivity (Wildman–Crippen MR) is 70.3 cm³/mol. The Bertz CT molecular complexity index is 523. The first-order valence-electron chi connectivity index (χ1n) is 6.06. The smallest absolute Gasteiger partial charge is 0.254 e. The molecule has 2 atom stereocenters. The third-order valence-electron chi connectivity index (χ3n) is 2.99. The molecule has 1 heterocycles. The summed E-state index contributed by atoms with van der Waals surface area (Å²) >= 11 is 0. The van der Waals surface area contributed by atoms with Crippen molar-refractivity contribution in [2.75, 3.05) is 19.6 Å². The van der Waals surface area contributed by atoms with Gasteiger partial charge < -0.3 is 20.8 Å². The van der Waals surface area contributed by atoms with Gasteiger partial charge in [0.25, 0.3) is 5.91 Å². The van der Waals surface area contributed by atoms with Gasteiger partial charge in [-0.2, -0.15) is 0 Å². The molecule has 1 fully saturated rings. The summed E-state index contributed by atoms with van der Waals surface area (Å²) in [5.41, 5.74) is 6.51. The molecule has 0 aromatic heterocycles. The normalized spacial score (nSPS) is 21.9. The van der Waals surface area contributed by atoms with Crippen molar-refractivity contribution in [2.24, 2.45) is 5.73 Å². The Kier molecular flexibility index (Phi) is 4.17. The number of likely N-dealkylation sites (tertiary alicyclic amines) is 1. The molecule has 4 N–H and O–H groups in total. The number of aliphatic hydroxyl groups excluding tert-OH is 2. The number of aliphatic hydroxyl groups is 2. The van der Waals surface area contributed by atoms with E-state index in [-0.39, 0.29) is 25.5 Å². The lowest BCUT2D eigenvalue weighted by Crippen LogP contribution is -2.29. The predicted octanol–water partition coefficient (Wildman–Crippen LogP) is -0.826. The highest BCUT2D eigenvalue weighted by Gasteiger charge is 2.32. The molecule has 1 amide bonds. The second-order valence-corrected chi connectivity index (χ2v) is 4.43. The molecular formula is C14H16N2O3. The Hall–Kier alpha value is -1.87. The molecule has 5 nitrogen and oxygen atoms in total. The first-order valence-corrected chi connectivity index (χ1v) is 6.06. The minimum Gasteiger partial charge on any atom is -0.388 e. The number of nitrogens with two attached hydrogens (primary N) is 1. The molecule has 1 aromatic carbocycles. The lowest BCUT2D eigenvalue weighted by atomic mass is 10.1. The summed E-state index contributed by atoms with van der Waals surface area (Å²) in [5.74, 6) is 5.37. The second-order valence-electron chi connectivity index (χ2n) is 4.43. The Morgan fingerprint density at radius 1 is 1.37 bits per heavy atom. The number of carbonyl (C=O) groups is 1. The van der Waals surface area contributed by atoms with Crippen molar-refractivity contribution >= 4 is 5.91 Å². The fraction of sp³-hybridized carbons (Fsp3) is 0.357. The maximum Gasteiger partial charge on any atom is 0.254 e. The maximum absolute atomic E-state index is 12.2. The van der Waals surface area contributed by atoms with Crippen LogP contribution in [0.1, 0.15) is 15.9 Å². The van der Waals surface area contributed by atoms with Gasteiger partial charge in [0.15, 0.2) is 0 Å². The number of amides is 1. The molecule has 100 valence electrons. The van der Waals surface area contributed by atoms with E-state index in [1.807, 2.05) is 0 Å². The lowest BCUT2D eigenvalue weighted by molar-refractivity contribution is 0.0572. The van der Waals surface area contributed by atoms with Gasteiger partial charge in [-0.05, 0) is 18.2 Å². The number of hydrogen-bond donors (Lipinski definition) is 3. The highest BCUT2D eigenvalue weighted by molar-refractivity contribution is 5.94. The maximum atomic E-state index is 12.2. The average Bonchev–Trinajstić information content (AvgIpc) is 2.76. The summed E-state index contributed by atoms with van der Waals surface area (Å²) in [5, 5.41) is 18.9. The van der Waals surface area contributed by atoms with Gasteiger partial charge in [-0.25, -0.2) is 0 Å². The van der Waals surface area contributed by atoms with Gasteiger partial charge in [0, 0.05) is 24.2 Å². The van der Waals surface area contributed by atoms with Crippen molar-refractivity contribution in [1.29, 1.82) is 0 Å². The van der Waals surface area contributed by atoms with Crippen molar-refractivity contribution in [3.8, 4) is 11.8 Å². The van der Waals surface area contributed by atoms with E-state index in [9.17, 15) is 15.0 Å². The minimum absolute atomic E-state index is 0.151. The number of hydrogen-bond acceptors (Lipinski definition) is 4. The molecule has 19 heavy (non-hydrogen) atoms. The van der Waals surface area contributed by atoms with Crippen LogP contribution in [0.25, 0.3) is 0 Å². The first-order chi connectivity index (χ1) is 9.11. The Labute approximate surface area is 111 Å². The zero-order chi connectivity index (χ0) is 13.8. The zero-order valence-electron chi connectivity index (χ0n) is 10.4. The standard InChI is InChI=1S/C14H16N2O3/c15-6-2-4-10-3-1-5-11(7-10)14(19)16-8-12(17)13(18)9-16/h1,3,5,7,12-13,17-18H,6,8-9,15H2. The van der Waals surface area contributed by atoms with Crippen molar-refractivity contribution in [2.45, 2.75) is 12.2 Å².